The van der Waals surface area contributed by atoms with Gasteiger partial charge in [0.15, 0.2) is 0 Å². The molecule has 72 valence electrons. The molecule has 0 radical (unpaired) electrons. The summed E-state index contributed by atoms with van der Waals surface area (Å²) in [4.78, 5) is 2.50. The average Bonchev–Trinajstić information content (AvgIpc) is 2.05. The van der Waals surface area contributed by atoms with Crippen molar-refractivity contribution in [2.45, 2.75) is 25.9 Å². The number of nitrogens with zero attached hydrogens (tertiary/aromatic N) is 1. The van der Waals surface area contributed by atoms with Crippen molar-refractivity contribution >= 4 is 0 Å². The first-order valence-corrected chi connectivity index (χ1v) is 4.73. The number of nitrogens with one attached hydrogen (secondary N) is 1. The third kappa shape index (κ3) is 2.44. The minimum Gasteiger partial charge on any atom is -0.379 e. The van der Waals surface area contributed by atoms with Crippen LogP contribution in [0.4, 0.5) is 0 Å². The van der Waals surface area contributed by atoms with E-state index in [0.717, 1.165) is 26.3 Å². The second-order valence-electron chi connectivity index (χ2n) is 3.57. The van der Waals surface area contributed by atoms with Gasteiger partial charge in [-0.25, -0.2) is 0 Å². The molecule has 2 atom stereocenters. The molecule has 1 N–H and O–H groups in total. The quantitative estimate of drug-likeness (QED) is 0.663. The van der Waals surface area contributed by atoms with Gasteiger partial charge < -0.3 is 10.1 Å². The van der Waals surface area contributed by atoms with Crippen LogP contribution in [0.5, 0.6) is 0 Å². The summed E-state index contributed by atoms with van der Waals surface area (Å²) >= 11 is 0. The summed E-state index contributed by atoms with van der Waals surface area (Å²) in [6.45, 7) is 8.39. The molecule has 0 aliphatic carbocycles. The van der Waals surface area contributed by atoms with E-state index >= 15 is 0 Å². The molecule has 3 nitrogen and oxygen atoms in total. The Hall–Kier alpha value is -0.120. The Balaban J connectivity index is 2.36. The molecule has 1 heterocycles. The lowest BCUT2D eigenvalue weighted by Gasteiger charge is -2.37. The van der Waals surface area contributed by atoms with Crippen molar-refractivity contribution in [1.82, 2.24) is 10.2 Å². The lowest BCUT2D eigenvalue weighted by atomic mass is 10.2. The zero-order valence-electron chi connectivity index (χ0n) is 8.34. The third-order valence-electron chi connectivity index (χ3n) is 2.48. The van der Waals surface area contributed by atoms with E-state index in [1.807, 2.05) is 7.05 Å². The maximum Gasteiger partial charge on any atom is 0.0619 e. The Kier molecular flexibility index (Phi) is 3.98. The molecule has 0 amide bonds. The summed E-state index contributed by atoms with van der Waals surface area (Å²) in [5.41, 5.74) is 0. The maximum atomic E-state index is 5.38. The molecule has 0 aromatic heterocycles. The fourth-order valence-electron chi connectivity index (χ4n) is 1.81. The smallest absolute Gasteiger partial charge is 0.0619 e. The lowest BCUT2D eigenvalue weighted by Crippen LogP contribution is -2.51. The molecule has 0 saturated carbocycles. The Morgan fingerprint density at radius 3 is 3.00 bits per heavy atom. The molecule has 12 heavy (non-hydrogen) atoms. The number of likely N-dealkylation sites (N-methyl/N-ethyl adjacent to an activating group) is 1. The Labute approximate surface area is 75.1 Å². The first-order chi connectivity index (χ1) is 5.75. The van der Waals surface area contributed by atoms with Crippen molar-refractivity contribution in [3.63, 3.8) is 0 Å². The van der Waals surface area contributed by atoms with E-state index in [1.54, 1.807) is 0 Å². The van der Waals surface area contributed by atoms with Crippen LogP contribution in [0.1, 0.15) is 13.8 Å². The third-order valence-corrected chi connectivity index (χ3v) is 2.48. The molecule has 0 spiro atoms. The van der Waals surface area contributed by atoms with Gasteiger partial charge in [0.2, 0.25) is 0 Å². The van der Waals surface area contributed by atoms with Crippen molar-refractivity contribution in [3.8, 4) is 0 Å². The highest BCUT2D eigenvalue weighted by molar-refractivity contribution is 4.77. The van der Waals surface area contributed by atoms with Gasteiger partial charge >= 0.3 is 0 Å². The molecule has 0 aromatic carbocycles. The summed E-state index contributed by atoms with van der Waals surface area (Å²) in [5.74, 6) is 0. The molecule has 2 unspecified atom stereocenters. The molecular formula is C9H20N2O. The van der Waals surface area contributed by atoms with Crippen LogP contribution in [-0.2, 0) is 4.74 Å². The largest absolute Gasteiger partial charge is 0.379 e. The highest BCUT2D eigenvalue weighted by atomic mass is 16.5. The SMILES string of the molecule is CNCC(C)N1CCOCC1C. The van der Waals surface area contributed by atoms with E-state index in [4.69, 9.17) is 4.74 Å². The second-order valence-corrected chi connectivity index (χ2v) is 3.57. The van der Waals surface area contributed by atoms with E-state index in [1.165, 1.54) is 0 Å². The lowest BCUT2D eigenvalue weighted by molar-refractivity contribution is -0.0178. The fourth-order valence-corrected chi connectivity index (χ4v) is 1.81. The minimum absolute atomic E-state index is 0.571. The number of rotatable bonds is 3. The number of morpholine rings is 1. The Bertz CT molecular complexity index is 130. The summed E-state index contributed by atoms with van der Waals surface area (Å²) < 4.78 is 5.38. The molecule has 0 aromatic rings. The van der Waals surface area contributed by atoms with E-state index in [9.17, 15) is 0 Å². The predicted octanol–water partition coefficient (Wildman–Crippen LogP) is 0.315. The standard InChI is InChI=1S/C9H20N2O/c1-8(6-10-3)11-4-5-12-7-9(11)2/h8-10H,4-7H2,1-3H3. The normalized spacial score (nSPS) is 28.8. The number of ether oxygens (including phenoxy) is 1. The number of hydrogen-bond donors (Lipinski definition) is 1. The minimum atomic E-state index is 0.571. The number of hydrogen-bond acceptors (Lipinski definition) is 3. The van der Waals surface area contributed by atoms with Gasteiger partial charge in [0.1, 0.15) is 0 Å². The maximum absolute atomic E-state index is 5.38. The van der Waals surface area contributed by atoms with Gasteiger partial charge in [0.25, 0.3) is 0 Å². The van der Waals surface area contributed by atoms with Crippen molar-refractivity contribution < 1.29 is 4.74 Å². The summed E-state index contributed by atoms with van der Waals surface area (Å²) in [6, 6.07) is 1.19. The van der Waals surface area contributed by atoms with E-state index in [0.29, 0.717) is 12.1 Å². The first kappa shape index (κ1) is 9.96. The van der Waals surface area contributed by atoms with Gasteiger partial charge in [-0.2, -0.15) is 0 Å². The van der Waals surface area contributed by atoms with Crippen LogP contribution >= 0.6 is 0 Å². The predicted molar refractivity (Wildman–Crippen MR) is 50.4 cm³/mol. The van der Waals surface area contributed by atoms with Gasteiger partial charge in [0.05, 0.1) is 13.2 Å². The van der Waals surface area contributed by atoms with Gasteiger partial charge in [-0.15, -0.1) is 0 Å². The molecule has 1 aliphatic heterocycles. The second kappa shape index (κ2) is 4.80. The molecule has 1 fully saturated rings. The van der Waals surface area contributed by atoms with E-state index < -0.39 is 0 Å². The molecule has 1 rings (SSSR count). The first-order valence-electron chi connectivity index (χ1n) is 4.73. The van der Waals surface area contributed by atoms with Crippen LogP contribution in [0.3, 0.4) is 0 Å². The Morgan fingerprint density at radius 1 is 1.67 bits per heavy atom. The summed E-state index contributed by atoms with van der Waals surface area (Å²) in [5, 5.41) is 3.20. The van der Waals surface area contributed by atoms with E-state index in [2.05, 4.69) is 24.1 Å². The zero-order valence-corrected chi connectivity index (χ0v) is 8.34. The monoisotopic (exact) mass is 172 g/mol. The van der Waals surface area contributed by atoms with Gasteiger partial charge in [-0.3, -0.25) is 4.90 Å². The van der Waals surface area contributed by atoms with Gasteiger partial charge in [-0.1, -0.05) is 0 Å². The molecule has 0 bridgehead atoms. The van der Waals surface area contributed by atoms with Crippen molar-refractivity contribution in [2.75, 3.05) is 33.4 Å². The van der Waals surface area contributed by atoms with Crippen LogP contribution in [0, 0.1) is 0 Å². The van der Waals surface area contributed by atoms with Crippen molar-refractivity contribution in [1.29, 1.82) is 0 Å². The topological polar surface area (TPSA) is 24.5 Å². The zero-order chi connectivity index (χ0) is 8.97. The van der Waals surface area contributed by atoms with Crippen LogP contribution in [-0.4, -0.2) is 50.3 Å². The molecule has 1 saturated heterocycles. The highest BCUT2D eigenvalue weighted by Crippen LogP contribution is 2.09. The molecule has 1 aliphatic rings. The molecule has 3 heteroatoms. The van der Waals surface area contributed by atoms with Crippen molar-refractivity contribution in [2.24, 2.45) is 0 Å². The van der Waals surface area contributed by atoms with Crippen LogP contribution in [0.15, 0.2) is 0 Å². The van der Waals surface area contributed by atoms with Crippen LogP contribution in [0.2, 0.25) is 0 Å². The average molecular weight is 172 g/mol. The van der Waals surface area contributed by atoms with Crippen LogP contribution < -0.4 is 5.32 Å². The van der Waals surface area contributed by atoms with Crippen LogP contribution in [0.25, 0.3) is 0 Å². The van der Waals surface area contributed by atoms with Gasteiger partial charge in [-0.05, 0) is 20.9 Å². The van der Waals surface area contributed by atoms with Gasteiger partial charge in [0, 0.05) is 25.2 Å². The summed E-state index contributed by atoms with van der Waals surface area (Å²) in [7, 11) is 2.00. The Morgan fingerprint density at radius 2 is 2.42 bits per heavy atom. The fraction of sp³-hybridized carbons (Fsp3) is 1.00. The van der Waals surface area contributed by atoms with E-state index in [-0.39, 0.29) is 0 Å². The molecular weight excluding hydrogens is 152 g/mol. The summed E-state index contributed by atoms with van der Waals surface area (Å²) in [6.07, 6.45) is 0. The van der Waals surface area contributed by atoms with Crippen molar-refractivity contribution in [3.05, 3.63) is 0 Å². The highest BCUT2D eigenvalue weighted by Gasteiger charge is 2.22.